The first-order valence-corrected chi connectivity index (χ1v) is 21.7. The molecule has 0 N–H and O–H groups in total. The van der Waals surface area contributed by atoms with E-state index in [2.05, 4.69) is 168 Å². The van der Waals surface area contributed by atoms with Gasteiger partial charge in [-0.3, -0.25) is 0 Å². The van der Waals surface area contributed by atoms with Gasteiger partial charge in [-0.25, -0.2) is 24.9 Å². The van der Waals surface area contributed by atoms with Crippen molar-refractivity contribution in [3.63, 3.8) is 0 Å². The van der Waals surface area contributed by atoms with E-state index in [-0.39, 0.29) is 0 Å². The Balaban J connectivity index is 0.976. The maximum Gasteiger partial charge on any atom is 0.164 e. The van der Waals surface area contributed by atoms with E-state index in [1.165, 1.54) is 21.5 Å². The lowest BCUT2D eigenvalue weighted by atomic mass is 9.99. The van der Waals surface area contributed by atoms with E-state index < -0.39 is 0 Å². The van der Waals surface area contributed by atoms with Crippen LogP contribution in [0.5, 0.6) is 0 Å². The highest BCUT2D eigenvalue weighted by molar-refractivity contribution is 6.14. The molecule has 6 nitrogen and oxygen atoms in total. The van der Waals surface area contributed by atoms with Crippen molar-refractivity contribution in [2.24, 2.45) is 0 Å². The third-order valence-corrected chi connectivity index (χ3v) is 12.0. The predicted octanol–water partition coefficient (Wildman–Crippen LogP) is 14.6. The van der Waals surface area contributed by atoms with E-state index in [0.717, 1.165) is 72.6 Å². The van der Waals surface area contributed by atoms with Crippen molar-refractivity contribution in [1.82, 2.24) is 29.5 Å². The van der Waals surface area contributed by atoms with Crippen LogP contribution in [0.1, 0.15) is 0 Å². The van der Waals surface area contributed by atoms with E-state index in [1.54, 1.807) is 0 Å². The SMILES string of the molecule is c1ccc(-c2cc(-c3cccc(-c4cccc(-c5nc(-c6ccccc6)nc(-c6ccccc6)n5)c4)c3)nc(-c3ccc4c5cc6ccccc6cc5n(-c5ccccc5)c4c3)n2)cc1. The lowest BCUT2D eigenvalue weighted by molar-refractivity contribution is 1.07. The summed E-state index contributed by atoms with van der Waals surface area (Å²) in [6.07, 6.45) is 0. The van der Waals surface area contributed by atoms with Gasteiger partial charge in [-0.1, -0.05) is 182 Å². The fraction of sp³-hybridized carbons (Fsp3) is 0. The van der Waals surface area contributed by atoms with Crippen molar-refractivity contribution in [2.45, 2.75) is 0 Å². The zero-order valence-electron chi connectivity index (χ0n) is 35.1. The molecule has 12 rings (SSSR count). The summed E-state index contributed by atoms with van der Waals surface area (Å²) in [6.45, 7) is 0. The fourth-order valence-electron chi connectivity index (χ4n) is 8.81. The molecular weight excluding hydrogens is 793 g/mol. The third-order valence-electron chi connectivity index (χ3n) is 12.0. The van der Waals surface area contributed by atoms with Gasteiger partial charge in [-0.15, -0.1) is 0 Å². The molecule has 0 unspecified atom stereocenters. The summed E-state index contributed by atoms with van der Waals surface area (Å²) in [6, 6.07) is 80.0. The van der Waals surface area contributed by atoms with Gasteiger partial charge in [0, 0.05) is 49.8 Å². The summed E-state index contributed by atoms with van der Waals surface area (Å²) in [7, 11) is 0. The summed E-state index contributed by atoms with van der Waals surface area (Å²) < 4.78 is 2.36. The maximum absolute atomic E-state index is 5.34. The Morgan fingerprint density at radius 2 is 0.677 bits per heavy atom. The van der Waals surface area contributed by atoms with Crippen molar-refractivity contribution >= 4 is 32.6 Å². The van der Waals surface area contributed by atoms with Gasteiger partial charge in [-0.05, 0) is 70.4 Å². The largest absolute Gasteiger partial charge is 0.309 e. The molecule has 0 aliphatic heterocycles. The predicted molar refractivity (Wildman–Crippen MR) is 265 cm³/mol. The number of hydrogen-bond acceptors (Lipinski definition) is 5. The minimum atomic E-state index is 0.611. The molecule has 0 bridgehead atoms. The first-order chi connectivity index (χ1) is 32.2. The van der Waals surface area contributed by atoms with Crippen LogP contribution in [-0.4, -0.2) is 29.5 Å². The molecule has 0 saturated carbocycles. The van der Waals surface area contributed by atoms with Crippen molar-refractivity contribution in [3.05, 3.63) is 231 Å². The standard InChI is InChI=1S/C59H38N6/c1-5-17-39(18-6-1)52-38-53(61-58(60-52)48-31-32-50-51-35-44-23-13-14-24-45(44)36-55(51)65(54(50)37-48)49-29-11-4-12-30-49)46-27-15-25-42(33-46)43-26-16-28-47(34-43)59-63-56(40-19-7-2-8-20-40)62-57(64-59)41-21-9-3-10-22-41/h1-38H. The zero-order valence-corrected chi connectivity index (χ0v) is 35.1. The Kier molecular flexibility index (Phi) is 9.38. The smallest absolute Gasteiger partial charge is 0.164 e. The van der Waals surface area contributed by atoms with Crippen LogP contribution in [0.15, 0.2) is 231 Å². The summed E-state index contributed by atoms with van der Waals surface area (Å²) >= 11 is 0. The van der Waals surface area contributed by atoms with E-state index >= 15 is 0 Å². The first-order valence-electron chi connectivity index (χ1n) is 21.7. The van der Waals surface area contributed by atoms with Crippen molar-refractivity contribution in [2.75, 3.05) is 0 Å². The van der Waals surface area contributed by atoms with E-state index in [1.807, 2.05) is 66.7 Å². The van der Waals surface area contributed by atoms with Gasteiger partial charge in [0.25, 0.3) is 0 Å². The van der Waals surface area contributed by atoms with E-state index in [4.69, 9.17) is 24.9 Å². The Morgan fingerprint density at radius 1 is 0.246 bits per heavy atom. The van der Waals surface area contributed by atoms with Crippen molar-refractivity contribution < 1.29 is 0 Å². The zero-order chi connectivity index (χ0) is 43.1. The lowest BCUT2D eigenvalue weighted by Gasteiger charge is -2.12. The highest BCUT2D eigenvalue weighted by Gasteiger charge is 2.18. The molecule has 0 atom stereocenters. The number of nitrogens with zero attached hydrogens (tertiary/aromatic N) is 6. The summed E-state index contributed by atoms with van der Waals surface area (Å²) in [5.74, 6) is 2.53. The Hall–Kier alpha value is -8.87. The average Bonchev–Trinajstić information content (AvgIpc) is 3.71. The molecule has 0 fully saturated rings. The normalized spacial score (nSPS) is 11.4. The quantitative estimate of drug-likeness (QED) is 0.153. The molecule has 0 saturated heterocycles. The number of hydrogen-bond donors (Lipinski definition) is 0. The molecule has 0 aliphatic carbocycles. The Morgan fingerprint density at radius 3 is 1.31 bits per heavy atom. The van der Waals surface area contributed by atoms with Crippen LogP contribution in [0.3, 0.4) is 0 Å². The van der Waals surface area contributed by atoms with Gasteiger partial charge in [0.2, 0.25) is 0 Å². The lowest BCUT2D eigenvalue weighted by Crippen LogP contribution is -2.00. The van der Waals surface area contributed by atoms with Crippen LogP contribution in [0.2, 0.25) is 0 Å². The monoisotopic (exact) mass is 830 g/mol. The van der Waals surface area contributed by atoms with Crippen LogP contribution < -0.4 is 0 Å². The minimum Gasteiger partial charge on any atom is -0.309 e. The summed E-state index contributed by atoms with van der Waals surface area (Å²) in [5, 5.41) is 4.81. The van der Waals surface area contributed by atoms with Crippen molar-refractivity contribution in [1.29, 1.82) is 0 Å². The highest BCUT2D eigenvalue weighted by atomic mass is 15.0. The molecule has 0 amide bonds. The van der Waals surface area contributed by atoms with Crippen LogP contribution in [0, 0.1) is 0 Å². The van der Waals surface area contributed by atoms with Gasteiger partial charge in [-0.2, -0.15) is 0 Å². The summed E-state index contributed by atoms with van der Waals surface area (Å²) in [5.41, 5.74) is 12.8. The van der Waals surface area contributed by atoms with Gasteiger partial charge < -0.3 is 4.57 Å². The minimum absolute atomic E-state index is 0.611. The molecular formula is C59H38N6. The maximum atomic E-state index is 5.34. The number of benzene rings is 9. The topological polar surface area (TPSA) is 69.4 Å². The molecule has 65 heavy (non-hydrogen) atoms. The first kappa shape index (κ1) is 37.9. The molecule has 0 aliphatic rings. The van der Waals surface area contributed by atoms with Crippen LogP contribution in [-0.2, 0) is 0 Å². The molecule has 9 aromatic carbocycles. The fourth-order valence-corrected chi connectivity index (χ4v) is 8.81. The van der Waals surface area contributed by atoms with Crippen molar-refractivity contribution in [3.8, 4) is 84.9 Å². The number of aromatic nitrogens is 6. The Labute approximate surface area is 375 Å². The summed E-state index contributed by atoms with van der Waals surface area (Å²) in [4.78, 5) is 25.5. The van der Waals surface area contributed by atoms with Gasteiger partial charge in [0.15, 0.2) is 23.3 Å². The molecule has 304 valence electrons. The van der Waals surface area contributed by atoms with Crippen LogP contribution in [0.4, 0.5) is 0 Å². The second-order valence-corrected chi connectivity index (χ2v) is 16.1. The second-order valence-electron chi connectivity index (χ2n) is 16.1. The molecule has 0 radical (unpaired) electrons. The number of para-hydroxylation sites is 1. The molecule has 3 heterocycles. The van der Waals surface area contributed by atoms with Gasteiger partial charge in [0.05, 0.1) is 22.4 Å². The van der Waals surface area contributed by atoms with Gasteiger partial charge in [0.1, 0.15) is 0 Å². The number of fused-ring (bicyclic) bond motifs is 4. The van der Waals surface area contributed by atoms with E-state index in [0.29, 0.717) is 23.3 Å². The molecule has 3 aromatic heterocycles. The van der Waals surface area contributed by atoms with Crippen LogP contribution >= 0.6 is 0 Å². The van der Waals surface area contributed by atoms with E-state index in [9.17, 15) is 0 Å². The number of rotatable bonds is 8. The Bertz CT molecular complexity index is 3640. The third kappa shape index (κ3) is 7.19. The highest BCUT2D eigenvalue weighted by Crippen LogP contribution is 2.38. The molecule has 0 spiro atoms. The van der Waals surface area contributed by atoms with Crippen LogP contribution in [0.25, 0.3) is 117 Å². The molecule has 12 aromatic rings. The molecule has 6 heteroatoms. The second kappa shape index (κ2) is 16.1. The van der Waals surface area contributed by atoms with Gasteiger partial charge >= 0.3 is 0 Å². The average molecular weight is 831 g/mol.